The van der Waals surface area contributed by atoms with Crippen molar-refractivity contribution < 1.29 is 29.1 Å². The van der Waals surface area contributed by atoms with Crippen LogP contribution in [0.3, 0.4) is 0 Å². The van der Waals surface area contributed by atoms with Crippen LogP contribution in [0.1, 0.15) is 58.9 Å². The Hall–Kier alpha value is -6.59. The second kappa shape index (κ2) is 17.5. The standard InChI is InChI=1S/C48H49N5O6/c1-34-44(55)49(28-37-18-8-4-9-19-37)33-48(59)42-27-17-16-26-41(42)47(58)53(48)32-43(54)50(29-38-20-10-5-11-21-38)35(2)45(56)52(31-40-24-14-7-15-25-40)36(3)46(57)51(34)30-39-22-12-6-13-23-39/h4-27,34-36,59H,28-33H2,1-3H3/t34?,35?,36?,48-/m0/s1. The fraction of sp³-hybridized carbons (Fsp3) is 0.271. The molecule has 2 aliphatic rings. The van der Waals surface area contributed by atoms with Crippen molar-refractivity contribution in [2.75, 3.05) is 13.1 Å². The number of amides is 5. The molecule has 59 heavy (non-hydrogen) atoms. The Kier molecular flexibility index (Phi) is 12.0. The number of β-amino-alcohol motifs (C(OH)–C–C–N with tert-alkyl or cyclic N) is 1. The summed E-state index contributed by atoms with van der Waals surface area (Å²) in [6, 6.07) is 40.4. The molecule has 0 spiro atoms. The fourth-order valence-electron chi connectivity index (χ4n) is 8.10. The second-order valence-electron chi connectivity index (χ2n) is 15.4. The van der Waals surface area contributed by atoms with Gasteiger partial charge >= 0.3 is 0 Å². The third-order valence-corrected chi connectivity index (χ3v) is 11.5. The van der Waals surface area contributed by atoms with Crippen LogP contribution in [0.4, 0.5) is 0 Å². The van der Waals surface area contributed by atoms with Gasteiger partial charge in [-0.2, -0.15) is 0 Å². The first-order valence-electron chi connectivity index (χ1n) is 19.9. The minimum absolute atomic E-state index is 0.0112. The normalized spacial score (nSPS) is 21.9. The Balaban J connectivity index is 1.40. The average molecular weight is 792 g/mol. The average Bonchev–Trinajstić information content (AvgIpc) is 3.47. The van der Waals surface area contributed by atoms with Crippen LogP contribution in [0.15, 0.2) is 146 Å². The first-order valence-corrected chi connectivity index (χ1v) is 19.9. The van der Waals surface area contributed by atoms with Crippen molar-refractivity contribution in [3.63, 3.8) is 0 Å². The first-order chi connectivity index (χ1) is 28.5. The number of benzene rings is 5. The highest BCUT2D eigenvalue weighted by Crippen LogP contribution is 2.39. The summed E-state index contributed by atoms with van der Waals surface area (Å²) in [6.45, 7) is 4.07. The summed E-state index contributed by atoms with van der Waals surface area (Å²) in [6.07, 6.45) is 0. The monoisotopic (exact) mass is 791 g/mol. The Morgan fingerprint density at radius 1 is 0.492 bits per heavy atom. The molecule has 0 radical (unpaired) electrons. The number of aliphatic hydroxyl groups is 1. The third kappa shape index (κ3) is 8.51. The van der Waals surface area contributed by atoms with Crippen LogP contribution in [0, 0.1) is 0 Å². The van der Waals surface area contributed by atoms with E-state index in [2.05, 4.69) is 0 Å². The highest BCUT2D eigenvalue weighted by molar-refractivity contribution is 6.02. The molecule has 1 N–H and O–H groups in total. The third-order valence-electron chi connectivity index (χ3n) is 11.5. The van der Waals surface area contributed by atoms with Gasteiger partial charge in [-0.3, -0.25) is 28.9 Å². The quantitative estimate of drug-likeness (QED) is 0.219. The molecular weight excluding hydrogens is 743 g/mol. The van der Waals surface area contributed by atoms with Crippen LogP contribution in [-0.2, 0) is 51.1 Å². The highest BCUT2D eigenvalue weighted by atomic mass is 16.3. The molecule has 0 aliphatic carbocycles. The van der Waals surface area contributed by atoms with Gasteiger partial charge in [-0.15, -0.1) is 0 Å². The van der Waals surface area contributed by atoms with Crippen LogP contribution in [0.25, 0.3) is 0 Å². The van der Waals surface area contributed by atoms with Crippen molar-refractivity contribution >= 4 is 29.5 Å². The Morgan fingerprint density at radius 3 is 1.34 bits per heavy atom. The van der Waals surface area contributed by atoms with E-state index in [1.54, 1.807) is 45.0 Å². The van der Waals surface area contributed by atoms with Crippen LogP contribution in [0.2, 0.25) is 0 Å². The van der Waals surface area contributed by atoms with Crippen molar-refractivity contribution in [2.24, 2.45) is 0 Å². The second-order valence-corrected chi connectivity index (χ2v) is 15.4. The van der Waals surface area contributed by atoms with Gasteiger partial charge in [-0.05, 0) is 49.1 Å². The molecule has 11 nitrogen and oxygen atoms in total. The smallest absolute Gasteiger partial charge is 0.257 e. The summed E-state index contributed by atoms with van der Waals surface area (Å²) in [7, 11) is 0. The number of hydrogen-bond donors (Lipinski definition) is 1. The molecule has 2 aliphatic heterocycles. The molecule has 0 saturated carbocycles. The van der Waals surface area contributed by atoms with Crippen molar-refractivity contribution in [1.82, 2.24) is 24.5 Å². The van der Waals surface area contributed by atoms with Gasteiger partial charge in [0.25, 0.3) is 5.91 Å². The maximum atomic E-state index is 15.1. The molecular formula is C48H49N5O6. The predicted octanol–water partition coefficient (Wildman–Crippen LogP) is 5.58. The molecule has 3 unspecified atom stereocenters. The lowest BCUT2D eigenvalue weighted by Crippen LogP contribution is -2.58. The molecule has 5 aromatic carbocycles. The molecule has 7 rings (SSSR count). The predicted molar refractivity (Wildman–Crippen MR) is 223 cm³/mol. The van der Waals surface area contributed by atoms with E-state index in [1.165, 1.54) is 19.6 Å². The number of rotatable bonds is 8. The molecule has 302 valence electrons. The van der Waals surface area contributed by atoms with E-state index < -0.39 is 66.5 Å². The van der Waals surface area contributed by atoms with E-state index in [0.717, 1.165) is 27.2 Å². The zero-order valence-corrected chi connectivity index (χ0v) is 33.6. The summed E-state index contributed by atoms with van der Waals surface area (Å²) in [5, 5.41) is 12.9. The molecule has 0 bridgehead atoms. The minimum Gasteiger partial charge on any atom is -0.365 e. The van der Waals surface area contributed by atoms with Gasteiger partial charge in [0.05, 0.1) is 6.54 Å². The maximum Gasteiger partial charge on any atom is 0.257 e. The molecule has 0 aromatic heterocycles. The van der Waals surface area contributed by atoms with Gasteiger partial charge in [0, 0.05) is 37.3 Å². The zero-order valence-electron chi connectivity index (χ0n) is 33.6. The minimum atomic E-state index is -2.15. The van der Waals surface area contributed by atoms with Crippen molar-refractivity contribution in [2.45, 2.75) is 70.8 Å². The number of carbonyl (C=O) groups excluding carboxylic acids is 5. The zero-order chi connectivity index (χ0) is 41.7. The van der Waals surface area contributed by atoms with Gasteiger partial charge in [-0.1, -0.05) is 140 Å². The van der Waals surface area contributed by atoms with E-state index >= 15 is 14.4 Å². The number of nitrogens with zero attached hydrogens (tertiary/aromatic N) is 5. The van der Waals surface area contributed by atoms with E-state index in [-0.39, 0.29) is 37.3 Å². The number of hydrogen-bond acceptors (Lipinski definition) is 6. The number of fused-ring (bicyclic) bond motifs is 3. The van der Waals surface area contributed by atoms with Crippen molar-refractivity contribution in [3.05, 3.63) is 179 Å². The first kappa shape index (κ1) is 40.6. The highest BCUT2D eigenvalue weighted by Gasteiger charge is 2.52. The van der Waals surface area contributed by atoms with Gasteiger partial charge < -0.3 is 24.7 Å². The van der Waals surface area contributed by atoms with Crippen LogP contribution >= 0.6 is 0 Å². The van der Waals surface area contributed by atoms with Crippen molar-refractivity contribution in [3.8, 4) is 0 Å². The SMILES string of the molecule is CC1C(=O)N(Cc2ccccc2)C(C)C(=O)N(Cc2ccccc2)C(C)C(=O)N(Cc2ccccc2)C[C@]2(O)c3ccccc3C(=O)N2CC(=O)N1Cc1ccccc1. The van der Waals surface area contributed by atoms with Gasteiger partial charge in [0.15, 0.2) is 5.72 Å². The summed E-state index contributed by atoms with van der Waals surface area (Å²) >= 11 is 0. The van der Waals surface area contributed by atoms with Gasteiger partial charge in [-0.25, -0.2) is 0 Å². The van der Waals surface area contributed by atoms with E-state index in [9.17, 15) is 14.7 Å². The van der Waals surface area contributed by atoms with Crippen LogP contribution in [-0.4, -0.2) is 90.4 Å². The fourth-order valence-corrected chi connectivity index (χ4v) is 8.10. The Bertz CT molecular complexity index is 2290. The summed E-state index contributed by atoms with van der Waals surface area (Å²) in [5.74, 6) is -2.63. The van der Waals surface area contributed by atoms with Crippen molar-refractivity contribution in [1.29, 1.82) is 0 Å². The molecule has 1 fully saturated rings. The Labute approximate surface area is 345 Å². The Morgan fingerprint density at radius 2 is 0.864 bits per heavy atom. The molecule has 5 aromatic rings. The number of carbonyl (C=O) groups is 5. The molecule has 1 saturated heterocycles. The van der Waals surface area contributed by atoms with E-state index in [1.807, 2.05) is 121 Å². The summed E-state index contributed by atoms with van der Waals surface area (Å²) in [4.78, 5) is 81.4. The van der Waals surface area contributed by atoms with Crippen LogP contribution in [0.5, 0.6) is 0 Å². The van der Waals surface area contributed by atoms with Gasteiger partial charge in [0.1, 0.15) is 24.7 Å². The molecule has 2 heterocycles. The topological polar surface area (TPSA) is 122 Å². The molecule has 4 atom stereocenters. The lowest BCUT2D eigenvalue weighted by molar-refractivity contribution is -0.157. The van der Waals surface area contributed by atoms with E-state index in [0.29, 0.717) is 0 Å². The lowest BCUT2D eigenvalue weighted by Gasteiger charge is -2.41. The largest absolute Gasteiger partial charge is 0.365 e. The summed E-state index contributed by atoms with van der Waals surface area (Å²) in [5.41, 5.74) is 1.34. The van der Waals surface area contributed by atoms with Gasteiger partial charge in [0.2, 0.25) is 23.6 Å². The lowest BCUT2D eigenvalue weighted by atomic mass is 9.99. The molecule has 11 heteroatoms. The van der Waals surface area contributed by atoms with Crippen LogP contribution < -0.4 is 0 Å². The summed E-state index contributed by atoms with van der Waals surface area (Å²) < 4.78 is 0. The maximum absolute atomic E-state index is 15.1. The van der Waals surface area contributed by atoms with E-state index in [4.69, 9.17) is 0 Å². The molecule has 5 amide bonds.